The van der Waals surface area contributed by atoms with Gasteiger partial charge in [0.15, 0.2) is 6.29 Å². The van der Waals surface area contributed by atoms with Gasteiger partial charge in [0.25, 0.3) is 0 Å². The second kappa shape index (κ2) is 14.0. The van der Waals surface area contributed by atoms with E-state index in [9.17, 15) is 9.90 Å². The summed E-state index contributed by atoms with van der Waals surface area (Å²) in [5.74, 6) is 3.58. The number of fused-ring (bicyclic) bond motifs is 4. The zero-order valence-corrected chi connectivity index (χ0v) is 37.5. The van der Waals surface area contributed by atoms with E-state index in [0.29, 0.717) is 53.6 Å². The molecule has 0 bridgehead atoms. The highest BCUT2D eigenvalue weighted by molar-refractivity contribution is 5.69. The number of rotatable bonds is 9. The number of likely N-dealkylation sites (tertiary alicyclic amines) is 1. The van der Waals surface area contributed by atoms with E-state index in [2.05, 4.69) is 46.4 Å². The molecule has 56 heavy (non-hydrogen) atoms. The van der Waals surface area contributed by atoms with Crippen molar-refractivity contribution in [1.82, 2.24) is 9.80 Å². The Labute approximate surface area is 340 Å². The maximum Gasteiger partial charge on any atom is 0.410 e. The van der Waals surface area contributed by atoms with Crippen molar-refractivity contribution in [3.05, 3.63) is 0 Å². The fourth-order valence-corrected chi connectivity index (χ4v) is 16.3. The third-order valence-corrected chi connectivity index (χ3v) is 18.1. The van der Waals surface area contributed by atoms with Crippen LogP contribution in [0.5, 0.6) is 0 Å². The molecule has 8 aliphatic rings. The van der Waals surface area contributed by atoms with Gasteiger partial charge in [-0.15, -0.1) is 0 Å². The van der Waals surface area contributed by atoms with Crippen LogP contribution in [-0.2, 0) is 23.7 Å². The number of carbonyl (C=O) groups excluding carboxylic acids is 1. The maximum absolute atomic E-state index is 12.5. The molecular formula is C47H80N2O7. The molecule has 5 saturated carbocycles. The Kier molecular flexibility index (Phi) is 10.5. The Morgan fingerprint density at radius 2 is 1.66 bits per heavy atom. The van der Waals surface area contributed by atoms with Crippen molar-refractivity contribution in [1.29, 1.82) is 0 Å². The van der Waals surface area contributed by atoms with Crippen LogP contribution in [0.4, 0.5) is 4.79 Å². The van der Waals surface area contributed by atoms with Crippen molar-refractivity contribution in [2.24, 2.45) is 62.6 Å². The third-order valence-electron chi connectivity index (χ3n) is 18.1. The van der Waals surface area contributed by atoms with Gasteiger partial charge in [0.1, 0.15) is 11.7 Å². The second-order valence-corrected chi connectivity index (χ2v) is 23.3. The summed E-state index contributed by atoms with van der Waals surface area (Å²) < 4.78 is 32.5. The van der Waals surface area contributed by atoms with Gasteiger partial charge in [-0.3, -0.25) is 4.90 Å². The highest BCUT2D eigenvalue weighted by Gasteiger charge is 2.84. The molecular weight excluding hydrogens is 705 g/mol. The number of carbonyl (C=O) groups is 1. The van der Waals surface area contributed by atoms with E-state index in [1.165, 1.54) is 38.5 Å². The molecule has 3 aliphatic heterocycles. The summed E-state index contributed by atoms with van der Waals surface area (Å²) >= 11 is 0. The van der Waals surface area contributed by atoms with Crippen molar-refractivity contribution in [2.45, 2.75) is 183 Å². The van der Waals surface area contributed by atoms with E-state index < -0.39 is 11.2 Å². The van der Waals surface area contributed by atoms with Gasteiger partial charge >= 0.3 is 6.09 Å². The van der Waals surface area contributed by atoms with Crippen molar-refractivity contribution in [3.8, 4) is 0 Å². The number of amides is 1. The summed E-state index contributed by atoms with van der Waals surface area (Å²) in [5.41, 5.74) is 0.0664. The van der Waals surface area contributed by atoms with Crippen LogP contribution in [0.1, 0.15) is 141 Å². The molecule has 3 saturated heterocycles. The van der Waals surface area contributed by atoms with Crippen LogP contribution in [0.2, 0.25) is 0 Å². The van der Waals surface area contributed by atoms with Gasteiger partial charge in [-0.1, -0.05) is 41.5 Å². The number of hydrogen-bond donors (Lipinski definition) is 1. The number of hydrogen-bond acceptors (Lipinski definition) is 8. The summed E-state index contributed by atoms with van der Waals surface area (Å²) in [7, 11) is 0. The number of morpholine rings is 1. The fourth-order valence-electron chi connectivity index (χ4n) is 16.3. The van der Waals surface area contributed by atoms with Crippen LogP contribution in [0, 0.1) is 62.6 Å². The van der Waals surface area contributed by atoms with E-state index in [0.717, 1.165) is 57.9 Å². The fraction of sp³-hybridized carbons (Fsp3) is 0.979. The zero-order valence-electron chi connectivity index (χ0n) is 37.5. The molecule has 13 atom stereocenters. The van der Waals surface area contributed by atoms with Gasteiger partial charge < -0.3 is 33.7 Å². The van der Waals surface area contributed by atoms with Crippen LogP contribution in [0.15, 0.2) is 0 Å². The van der Waals surface area contributed by atoms with Gasteiger partial charge in [0.2, 0.25) is 0 Å². The third kappa shape index (κ3) is 6.38. The first-order chi connectivity index (χ1) is 26.1. The predicted octanol–water partition coefficient (Wildman–Crippen LogP) is 8.55. The average molecular weight is 785 g/mol. The summed E-state index contributed by atoms with van der Waals surface area (Å²) in [5, 5.41) is 11.2. The molecule has 3 heterocycles. The lowest BCUT2D eigenvalue weighted by Gasteiger charge is -2.65. The Hall–Kier alpha value is -0.970. The van der Waals surface area contributed by atoms with E-state index in [1.54, 1.807) is 0 Å². The first-order valence-electron chi connectivity index (χ1n) is 23.1. The van der Waals surface area contributed by atoms with Gasteiger partial charge in [-0.25, -0.2) is 4.79 Å². The molecule has 2 spiro atoms. The molecule has 0 aromatic rings. The van der Waals surface area contributed by atoms with Crippen LogP contribution < -0.4 is 0 Å². The molecule has 8 rings (SSSR count). The molecule has 13 unspecified atom stereocenters. The zero-order chi connectivity index (χ0) is 40.4. The summed E-state index contributed by atoms with van der Waals surface area (Å²) in [6.45, 7) is 32.5. The molecule has 0 aromatic carbocycles. The molecule has 9 nitrogen and oxygen atoms in total. The molecule has 5 aliphatic carbocycles. The lowest BCUT2D eigenvalue weighted by molar-refractivity contribution is -0.250. The number of nitrogens with zero attached hydrogens (tertiary/aromatic N) is 2. The van der Waals surface area contributed by atoms with E-state index in [-0.39, 0.29) is 53.0 Å². The minimum absolute atomic E-state index is 0.0693. The molecule has 320 valence electrons. The van der Waals surface area contributed by atoms with E-state index in [4.69, 9.17) is 23.7 Å². The van der Waals surface area contributed by atoms with Crippen molar-refractivity contribution >= 4 is 6.09 Å². The van der Waals surface area contributed by atoms with Crippen molar-refractivity contribution < 1.29 is 33.6 Å². The minimum atomic E-state index is -0.942. The summed E-state index contributed by atoms with van der Waals surface area (Å²) in [6.07, 6.45) is 10.9. The van der Waals surface area contributed by atoms with Crippen LogP contribution in [0.3, 0.4) is 0 Å². The second-order valence-electron chi connectivity index (χ2n) is 23.3. The highest BCUT2D eigenvalue weighted by atomic mass is 16.7. The largest absolute Gasteiger partial charge is 0.444 e. The summed E-state index contributed by atoms with van der Waals surface area (Å²) in [4.78, 5) is 16.8. The first-order valence-corrected chi connectivity index (χ1v) is 23.1. The molecule has 1 N–H and O–H groups in total. The first kappa shape index (κ1) is 41.8. The van der Waals surface area contributed by atoms with Gasteiger partial charge in [0.05, 0.1) is 30.5 Å². The van der Waals surface area contributed by atoms with Crippen LogP contribution in [-0.4, -0.2) is 109 Å². The topological polar surface area (TPSA) is 89.9 Å². The van der Waals surface area contributed by atoms with Crippen LogP contribution >= 0.6 is 0 Å². The minimum Gasteiger partial charge on any atom is -0.444 e. The monoisotopic (exact) mass is 785 g/mol. The molecule has 0 aromatic heterocycles. The van der Waals surface area contributed by atoms with E-state index in [1.807, 2.05) is 46.4 Å². The number of aliphatic hydroxyl groups is 1. The average Bonchev–Trinajstić information content (AvgIpc) is 3.65. The standard InChI is InChI=1S/C47H80N2O7/c1-13-52-39(43(10,11)51)32-22-30(4)38-33(54-32)23-47(29(2)3)35-15-14-34-42(8,9)36(16-17-45(34)28-46(35,45)19-18-44(38,47)12)55-37-27-48(20-21-53-37)24-31-25-49(26-31)40(50)56-41(5,6)7/h29-39,51H,13-28H2,1-12H3. The maximum atomic E-state index is 12.5. The molecule has 9 heteroatoms. The van der Waals surface area contributed by atoms with Gasteiger partial charge in [0, 0.05) is 45.2 Å². The van der Waals surface area contributed by atoms with Gasteiger partial charge in [-0.2, -0.15) is 0 Å². The number of ether oxygens (including phenoxy) is 5. The SMILES string of the molecule is CCOC(C1CC(C)C2C(CC3(C(C)C)C4CCC5C(C)(C)C(OC6CN(CC7CN(C(=O)OC(C)(C)C)C7)CCO6)CCC56CC46CCC23C)O1)C(C)(C)O. The Balaban J connectivity index is 0.943. The smallest absolute Gasteiger partial charge is 0.410 e. The highest BCUT2D eigenvalue weighted by Crippen LogP contribution is 2.90. The molecule has 0 radical (unpaired) electrons. The Morgan fingerprint density at radius 1 is 0.964 bits per heavy atom. The van der Waals surface area contributed by atoms with Gasteiger partial charge in [-0.05, 0) is 156 Å². The molecule has 8 fully saturated rings. The van der Waals surface area contributed by atoms with Crippen molar-refractivity contribution in [3.63, 3.8) is 0 Å². The molecule has 1 amide bonds. The Morgan fingerprint density at radius 3 is 2.32 bits per heavy atom. The lowest BCUT2D eigenvalue weighted by Crippen LogP contribution is -2.61. The predicted molar refractivity (Wildman–Crippen MR) is 218 cm³/mol. The van der Waals surface area contributed by atoms with Crippen LogP contribution in [0.25, 0.3) is 0 Å². The summed E-state index contributed by atoms with van der Waals surface area (Å²) in [6, 6.07) is 0. The Bertz CT molecular complexity index is 1470. The normalized spacial score (nSPS) is 45.5. The quantitative estimate of drug-likeness (QED) is 0.249. The van der Waals surface area contributed by atoms with E-state index >= 15 is 0 Å². The van der Waals surface area contributed by atoms with Crippen molar-refractivity contribution in [2.75, 3.05) is 45.9 Å². The lowest BCUT2D eigenvalue weighted by atomic mass is 9.39.